The first-order chi connectivity index (χ1) is 15.5. The summed E-state index contributed by atoms with van der Waals surface area (Å²) < 4.78 is 11.9. The Balaban J connectivity index is 1.66. The largest absolute Gasteiger partial charge is 0.494 e. The van der Waals surface area contributed by atoms with Crippen LogP contribution in [0.15, 0.2) is 63.3 Å². The second kappa shape index (κ2) is 8.20. The molecule has 1 aliphatic heterocycles. The minimum absolute atomic E-state index is 0.0417. The summed E-state index contributed by atoms with van der Waals surface area (Å²) >= 11 is 1.23. The van der Waals surface area contributed by atoms with Crippen molar-refractivity contribution in [3.63, 3.8) is 0 Å². The first-order valence-electron chi connectivity index (χ1n) is 10.4. The number of nitrogens with zero attached hydrogens (tertiary/aromatic N) is 3. The van der Waals surface area contributed by atoms with Gasteiger partial charge in [0.15, 0.2) is 5.43 Å². The first-order valence-corrected chi connectivity index (χ1v) is 11.3. The average Bonchev–Trinajstić information content (AvgIpc) is 3.41. The van der Waals surface area contributed by atoms with Crippen LogP contribution in [0.1, 0.15) is 48.0 Å². The predicted octanol–water partition coefficient (Wildman–Crippen LogP) is 4.82. The maximum absolute atomic E-state index is 13.5. The summed E-state index contributed by atoms with van der Waals surface area (Å²) in [6.45, 7) is 4.88. The van der Waals surface area contributed by atoms with E-state index >= 15 is 0 Å². The molecule has 0 bridgehead atoms. The van der Waals surface area contributed by atoms with Crippen molar-refractivity contribution >= 4 is 33.3 Å². The molecule has 0 spiro atoms. The smallest absolute Gasteiger partial charge is 0.297 e. The summed E-state index contributed by atoms with van der Waals surface area (Å²) in [6.07, 6.45) is 0.932. The SMILES string of the molecule is CC(C)CCOc1cccc(C2c3c(oc4ccccc4c3=O)C(=O)N2c2nncs2)c1. The van der Waals surface area contributed by atoms with Crippen LogP contribution in [0.3, 0.4) is 0 Å². The van der Waals surface area contributed by atoms with E-state index in [1.165, 1.54) is 16.2 Å². The highest BCUT2D eigenvalue weighted by Crippen LogP contribution is 2.42. The fourth-order valence-electron chi connectivity index (χ4n) is 3.89. The van der Waals surface area contributed by atoms with Crippen LogP contribution < -0.4 is 15.1 Å². The molecule has 5 rings (SSSR count). The summed E-state index contributed by atoms with van der Waals surface area (Å²) in [7, 11) is 0. The fraction of sp³-hybridized carbons (Fsp3) is 0.250. The third kappa shape index (κ3) is 3.46. The van der Waals surface area contributed by atoms with Crippen molar-refractivity contribution in [2.24, 2.45) is 5.92 Å². The van der Waals surface area contributed by atoms with Gasteiger partial charge in [0.25, 0.3) is 5.91 Å². The van der Waals surface area contributed by atoms with E-state index in [9.17, 15) is 9.59 Å². The third-order valence-corrected chi connectivity index (χ3v) is 6.16. The Morgan fingerprint density at radius 3 is 2.78 bits per heavy atom. The number of amides is 1. The molecule has 1 atom stereocenters. The minimum atomic E-state index is -0.681. The second-order valence-electron chi connectivity index (χ2n) is 8.07. The number of rotatable bonds is 6. The molecule has 1 unspecified atom stereocenters. The lowest BCUT2D eigenvalue weighted by Crippen LogP contribution is -2.29. The van der Waals surface area contributed by atoms with Crippen LogP contribution in [0.2, 0.25) is 0 Å². The van der Waals surface area contributed by atoms with Crippen molar-refractivity contribution < 1.29 is 13.9 Å². The summed E-state index contributed by atoms with van der Waals surface area (Å²) in [5, 5.41) is 8.82. The van der Waals surface area contributed by atoms with Crippen molar-refractivity contribution in [3.8, 4) is 5.75 Å². The zero-order valence-corrected chi connectivity index (χ0v) is 18.5. The highest BCUT2D eigenvalue weighted by molar-refractivity contribution is 7.13. The molecule has 32 heavy (non-hydrogen) atoms. The molecule has 4 aromatic rings. The van der Waals surface area contributed by atoms with Crippen molar-refractivity contribution in [1.29, 1.82) is 0 Å². The number of aromatic nitrogens is 2. The van der Waals surface area contributed by atoms with Gasteiger partial charge in [-0.15, -0.1) is 10.2 Å². The van der Waals surface area contributed by atoms with E-state index in [2.05, 4.69) is 24.0 Å². The fourth-order valence-corrected chi connectivity index (χ4v) is 4.48. The molecule has 8 heteroatoms. The van der Waals surface area contributed by atoms with Crippen molar-refractivity contribution in [3.05, 3.63) is 81.2 Å². The molecule has 2 aromatic heterocycles. The predicted molar refractivity (Wildman–Crippen MR) is 122 cm³/mol. The van der Waals surface area contributed by atoms with Gasteiger partial charge in [-0.1, -0.05) is 49.4 Å². The summed E-state index contributed by atoms with van der Waals surface area (Å²) in [5.41, 5.74) is 2.77. The van der Waals surface area contributed by atoms with E-state index in [0.29, 0.717) is 39.9 Å². The number of ether oxygens (including phenoxy) is 1. The highest BCUT2D eigenvalue weighted by atomic mass is 32.1. The van der Waals surface area contributed by atoms with Gasteiger partial charge in [0.05, 0.1) is 23.6 Å². The van der Waals surface area contributed by atoms with Crippen LogP contribution in [0.25, 0.3) is 11.0 Å². The van der Waals surface area contributed by atoms with Crippen LogP contribution >= 0.6 is 11.3 Å². The number of carbonyl (C=O) groups is 1. The quantitative estimate of drug-likeness (QED) is 0.421. The molecule has 0 saturated heterocycles. The maximum atomic E-state index is 13.5. The van der Waals surface area contributed by atoms with Gasteiger partial charge < -0.3 is 9.15 Å². The zero-order valence-electron chi connectivity index (χ0n) is 17.6. The molecule has 0 radical (unpaired) electrons. The van der Waals surface area contributed by atoms with Gasteiger partial charge in [0.1, 0.15) is 16.8 Å². The lowest BCUT2D eigenvalue weighted by molar-refractivity contribution is 0.0970. The molecule has 1 amide bonds. The van der Waals surface area contributed by atoms with E-state index in [0.717, 1.165) is 12.0 Å². The summed E-state index contributed by atoms with van der Waals surface area (Å²) in [5.74, 6) is 0.852. The number of para-hydroxylation sites is 1. The monoisotopic (exact) mass is 447 g/mol. The molecule has 1 aliphatic rings. The van der Waals surface area contributed by atoms with Crippen LogP contribution in [0.5, 0.6) is 5.75 Å². The molecule has 0 fully saturated rings. The number of anilines is 1. The van der Waals surface area contributed by atoms with E-state index in [1.807, 2.05) is 24.3 Å². The molecule has 7 nitrogen and oxygen atoms in total. The van der Waals surface area contributed by atoms with Gasteiger partial charge in [-0.3, -0.25) is 14.5 Å². The standard InChI is InChI=1S/C24H21N3O4S/c1-14(2)10-11-30-16-7-5-6-15(12-16)20-19-21(28)17-8-3-4-9-18(17)31-22(19)23(29)27(20)24-26-25-13-32-24/h3-9,12-14,20H,10-11H2,1-2H3. The molecule has 3 heterocycles. The van der Waals surface area contributed by atoms with Gasteiger partial charge in [-0.05, 0) is 42.2 Å². The Hall–Kier alpha value is -3.52. The van der Waals surface area contributed by atoms with E-state index in [4.69, 9.17) is 9.15 Å². The second-order valence-corrected chi connectivity index (χ2v) is 8.88. The van der Waals surface area contributed by atoms with Gasteiger partial charge in [-0.25, -0.2) is 0 Å². The van der Waals surface area contributed by atoms with Gasteiger partial charge >= 0.3 is 0 Å². The lowest BCUT2D eigenvalue weighted by atomic mass is 9.98. The minimum Gasteiger partial charge on any atom is -0.494 e. The third-order valence-electron chi connectivity index (χ3n) is 5.47. The van der Waals surface area contributed by atoms with E-state index in [-0.39, 0.29) is 11.2 Å². The molecule has 162 valence electrons. The molecule has 2 aromatic carbocycles. The number of fused-ring (bicyclic) bond motifs is 2. The Bertz CT molecular complexity index is 1350. The van der Waals surface area contributed by atoms with E-state index < -0.39 is 11.9 Å². The number of hydrogen-bond acceptors (Lipinski definition) is 7. The van der Waals surface area contributed by atoms with E-state index in [1.54, 1.807) is 29.8 Å². The number of hydrogen-bond donors (Lipinski definition) is 0. The topological polar surface area (TPSA) is 85.5 Å². The number of benzene rings is 2. The zero-order chi connectivity index (χ0) is 22.2. The molecule has 0 saturated carbocycles. The van der Waals surface area contributed by atoms with Gasteiger partial charge in [-0.2, -0.15) is 0 Å². The molecular formula is C24H21N3O4S. The summed E-state index contributed by atoms with van der Waals surface area (Å²) in [6, 6.07) is 13.8. The van der Waals surface area contributed by atoms with Crippen molar-refractivity contribution in [1.82, 2.24) is 10.2 Å². The average molecular weight is 448 g/mol. The van der Waals surface area contributed by atoms with Crippen LogP contribution in [0.4, 0.5) is 5.13 Å². The van der Waals surface area contributed by atoms with Crippen LogP contribution in [-0.2, 0) is 0 Å². The number of carbonyl (C=O) groups excluding carboxylic acids is 1. The lowest BCUT2D eigenvalue weighted by Gasteiger charge is -2.22. The Kier molecular flexibility index (Phi) is 5.22. The van der Waals surface area contributed by atoms with Crippen molar-refractivity contribution in [2.75, 3.05) is 11.5 Å². The maximum Gasteiger partial charge on any atom is 0.297 e. The molecular weight excluding hydrogens is 426 g/mol. The van der Waals surface area contributed by atoms with Gasteiger partial charge in [0, 0.05) is 0 Å². The molecule has 0 aliphatic carbocycles. The molecule has 0 N–H and O–H groups in total. The summed E-state index contributed by atoms with van der Waals surface area (Å²) in [4.78, 5) is 28.4. The normalized spacial score (nSPS) is 15.5. The highest BCUT2D eigenvalue weighted by Gasteiger charge is 2.45. The Morgan fingerprint density at radius 1 is 1.16 bits per heavy atom. The van der Waals surface area contributed by atoms with Gasteiger partial charge in [0.2, 0.25) is 10.9 Å². The Morgan fingerprint density at radius 2 is 2.00 bits per heavy atom. The van der Waals surface area contributed by atoms with Crippen LogP contribution in [0, 0.1) is 5.92 Å². The van der Waals surface area contributed by atoms with Crippen molar-refractivity contribution in [2.45, 2.75) is 26.3 Å². The Labute approximate surface area is 188 Å². The van der Waals surface area contributed by atoms with Crippen LogP contribution in [-0.4, -0.2) is 22.7 Å². The first kappa shape index (κ1) is 20.4.